The second-order valence-corrected chi connectivity index (χ2v) is 11.9. The zero-order valence-electron chi connectivity index (χ0n) is 22.1. The third kappa shape index (κ3) is 6.63. The van der Waals surface area contributed by atoms with E-state index in [0.29, 0.717) is 18.0 Å². The van der Waals surface area contributed by atoms with E-state index in [1.165, 1.54) is 30.3 Å². The molecule has 0 bridgehead atoms. The van der Waals surface area contributed by atoms with Gasteiger partial charge in [0.15, 0.2) is 0 Å². The third-order valence-electron chi connectivity index (χ3n) is 6.61. The van der Waals surface area contributed by atoms with Crippen LogP contribution in [0.25, 0.3) is 0 Å². The van der Waals surface area contributed by atoms with Crippen LogP contribution in [-0.2, 0) is 14.8 Å². The number of nitrogens with one attached hydrogen (secondary N) is 1. The lowest BCUT2D eigenvalue weighted by molar-refractivity contribution is -0.120. The molecule has 1 aliphatic rings. The van der Waals surface area contributed by atoms with Crippen molar-refractivity contribution in [3.05, 3.63) is 78.4 Å². The van der Waals surface area contributed by atoms with Gasteiger partial charge in [-0.15, -0.1) is 11.8 Å². The summed E-state index contributed by atoms with van der Waals surface area (Å²) < 4.78 is 34.1. The van der Waals surface area contributed by atoms with Crippen molar-refractivity contribution in [2.24, 2.45) is 0 Å². The number of hydrogen-bond donors (Lipinski definition) is 1. The smallest absolute Gasteiger partial charge is 0.264 e. The molecule has 0 saturated carbocycles. The summed E-state index contributed by atoms with van der Waals surface area (Å²) in [6, 6.07) is 21.3. The highest BCUT2D eigenvalue weighted by Crippen LogP contribution is 2.28. The summed E-state index contributed by atoms with van der Waals surface area (Å²) in [5.41, 5.74) is 2.54. The number of benzene rings is 3. The number of amides is 1. The highest BCUT2D eigenvalue weighted by Gasteiger charge is 2.28. The predicted octanol–water partition coefficient (Wildman–Crippen LogP) is 5.48. The number of hydrogen-bond acceptors (Lipinski definition) is 6. The molecule has 1 heterocycles. The van der Waals surface area contributed by atoms with E-state index in [-0.39, 0.29) is 23.4 Å². The fourth-order valence-electron chi connectivity index (χ4n) is 4.52. The number of carbonyl (C=O) groups excluding carboxylic acids is 1. The molecule has 4 rings (SSSR count). The second-order valence-electron chi connectivity index (χ2n) is 9.19. The van der Waals surface area contributed by atoms with Crippen molar-refractivity contribution < 1.29 is 17.9 Å². The Kier molecular flexibility index (Phi) is 9.22. The van der Waals surface area contributed by atoms with Gasteiger partial charge in [-0.3, -0.25) is 9.10 Å². The molecule has 38 heavy (non-hydrogen) atoms. The first-order valence-corrected chi connectivity index (χ1v) is 15.5. The largest absolute Gasteiger partial charge is 0.494 e. The Hall–Kier alpha value is -3.17. The summed E-state index contributed by atoms with van der Waals surface area (Å²) in [4.78, 5) is 16.6. The van der Waals surface area contributed by atoms with Crippen molar-refractivity contribution in [3.63, 3.8) is 0 Å². The molecule has 1 unspecified atom stereocenters. The van der Waals surface area contributed by atoms with E-state index in [0.717, 1.165) is 27.9 Å². The van der Waals surface area contributed by atoms with E-state index in [1.807, 2.05) is 32.2 Å². The summed E-state index contributed by atoms with van der Waals surface area (Å²) in [6.07, 6.45) is 4.36. The highest BCUT2D eigenvalue weighted by molar-refractivity contribution is 7.98. The summed E-state index contributed by atoms with van der Waals surface area (Å²) in [7, 11) is -4.00. The second kappa shape index (κ2) is 12.6. The molecule has 1 aliphatic heterocycles. The van der Waals surface area contributed by atoms with Crippen LogP contribution in [0.4, 0.5) is 11.4 Å². The standard InChI is InChI=1S/C29H35N3O4S2/c1-4-36-26-13-11-25(12-14-26)32(38(34,35)28-17-15-27(37-3)16-18-28)21-29(33)30-22(2)23-7-9-24(10-8-23)31-19-5-6-20-31/h7-18,22H,4-6,19-21H2,1-3H3,(H,30,33). The Labute approximate surface area is 230 Å². The SMILES string of the molecule is CCOc1ccc(N(CC(=O)NC(C)c2ccc(N3CCCC3)cc2)S(=O)(=O)c2ccc(SC)cc2)cc1. The minimum atomic E-state index is -4.00. The minimum Gasteiger partial charge on any atom is -0.494 e. The zero-order chi connectivity index (χ0) is 27.1. The quantitative estimate of drug-likeness (QED) is 0.317. The Morgan fingerprint density at radius 3 is 2.21 bits per heavy atom. The van der Waals surface area contributed by atoms with Crippen LogP contribution in [0.3, 0.4) is 0 Å². The summed E-state index contributed by atoms with van der Waals surface area (Å²) in [6.45, 7) is 6.08. The molecule has 7 nitrogen and oxygen atoms in total. The fraction of sp³-hybridized carbons (Fsp3) is 0.345. The molecule has 1 amide bonds. The van der Waals surface area contributed by atoms with Crippen LogP contribution in [-0.4, -0.2) is 46.8 Å². The number of ether oxygens (including phenoxy) is 1. The van der Waals surface area contributed by atoms with Gasteiger partial charge in [0.25, 0.3) is 10.0 Å². The van der Waals surface area contributed by atoms with Gasteiger partial charge in [0.1, 0.15) is 12.3 Å². The molecular formula is C29H35N3O4S2. The van der Waals surface area contributed by atoms with Gasteiger partial charge >= 0.3 is 0 Å². The molecule has 0 aliphatic carbocycles. The van der Waals surface area contributed by atoms with E-state index in [2.05, 4.69) is 22.3 Å². The maximum Gasteiger partial charge on any atom is 0.264 e. The summed E-state index contributed by atoms with van der Waals surface area (Å²) in [5, 5.41) is 2.97. The fourth-order valence-corrected chi connectivity index (χ4v) is 6.34. The highest BCUT2D eigenvalue weighted by atomic mass is 32.2. The van der Waals surface area contributed by atoms with Crippen LogP contribution < -0.4 is 19.3 Å². The van der Waals surface area contributed by atoms with Gasteiger partial charge < -0.3 is 15.0 Å². The van der Waals surface area contributed by atoms with Crippen LogP contribution in [0, 0.1) is 0 Å². The van der Waals surface area contributed by atoms with E-state index >= 15 is 0 Å². The number of nitrogens with zero attached hydrogens (tertiary/aromatic N) is 2. The van der Waals surface area contributed by atoms with E-state index < -0.39 is 10.0 Å². The van der Waals surface area contributed by atoms with Gasteiger partial charge in [-0.1, -0.05) is 12.1 Å². The number of carbonyl (C=O) groups is 1. The molecular weight excluding hydrogens is 518 g/mol. The first-order valence-electron chi connectivity index (χ1n) is 12.9. The first-order chi connectivity index (χ1) is 18.3. The molecule has 3 aromatic carbocycles. The lowest BCUT2D eigenvalue weighted by Crippen LogP contribution is -2.41. The van der Waals surface area contributed by atoms with Crippen molar-refractivity contribution in [1.29, 1.82) is 0 Å². The monoisotopic (exact) mass is 553 g/mol. The molecule has 202 valence electrons. The van der Waals surface area contributed by atoms with Crippen molar-refractivity contribution in [3.8, 4) is 5.75 Å². The number of anilines is 2. The van der Waals surface area contributed by atoms with Crippen LogP contribution in [0.1, 0.15) is 38.3 Å². The van der Waals surface area contributed by atoms with E-state index in [1.54, 1.807) is 48.5 Å². The van der Waals surface area contributed by atoms with E-state index in [4.69, 9.17) is 4.74 Å². The van der Waals surface area contributed by atoms with Crippen LogP contribution in [0.15, 0.2) is 82.6 Å². The lowest BCUT2D eigenvalue weighted by Gasteiger charge is -2.25. The normalized spacial score (nSPS) is 14.2. The number of sulfonamides is 1. The Morgan fingerprint density at radius 1 is 1.00 bits per heavy atom. The van der Waals surface area contributed by atoms with Gasteiger partial charge in [0.2, 0.25) is 5.91 Å². The molecule has 1 atom stereocenters. The Balaban J connectivity index is 1.53. The summed E-state index contributed by atoms with van der Waals surface area (Å²) in [5.74, 6) is 0.243. The molecule has 0 spiro atoms. The van der Waals surface area contributed by atoms with Crippen molar-refractivity contribution in [2.45, 2.75) is 42.5 Å². The zero-order valence-corrected chi connectivity index (χ0v) is 23.7. The van der Waals surface area contributed by atoms with Crippen molar-refractivity contribution >= 4 is 39.1 Å². The van der Waals surface area contributed by atoms with Crippen LogP contribution in [0.2, 0.25) is 0 Å². The van der Waals surface area contributed by atoms with E-state index in [9.17, 15) is 13.2 Å². The molecule has 1 N–H and O–H groups in total. The average Bonchev–Trinajstić information content (AvgIpc) is 3.48. The lowest BCUT2D eigenvalue weighted by atomic mass is 10.1. The maximum absolute atomic E-state index is 13.7. The molecule has 3 aromatic rings. The average molecular weight is 554 g/mol. The molecule has 0 radical (unpaired) electrons. The topological polar surface area (TPSA) is 79.0 Å². The number of rotatable bonds is 11. The van der Waals surface area contributed by atoms with Crippen molar-refractivity contribution in [2.75, 3.05) is 41.7 Å². The maximum atomic E-state index is 13.7. The van der Waals surface area contributed by atoms with Crippen LogP contribution >= 0.6 is 11.8 Å². The van der Waals surface area contributed by atoms with Gasteiger partial charge in [-0.2, -0.15) is 0 Å². The minimum absolute atomic E-state index is 0.127. The van der Waals surface area contributed by atoms with Gasteiger partial charge in [-0.05, 0) is 99.2 Å². The third-order valence-corrected chi connectivity index (χ3v) is 9.14. The van der Waals surface area contributed by atoms with Crippen molar-refractivity contribution in [1.82, 2.24) is 5.32 Å². The molecule has 0 aromatic heterocycles. The summed E-state index contributed by atoms with van der Waals surface area (Å²) >= 11 is 1.53. The molecule has 1 fully saturated rings. The van der Waals surface area contributed by atoms with Gasteiger partial charge in [-0.25, -0.2) is 8.42 Å². The van der Waals surface area contributed by atoms with Crippen LogP contribution in [0.5, 0.6) is 5.75 Å². The first kappa shape index (κ1) is 27.9. The van der Waals surface area contributed by atoms with Gasteiger partial charge in [0.05, 0.1) is 23.2 Å². The number of thioether (sulfide) groups is 1. The van der Waals surface area contributed by atoms with Gasteiger partial charge in [0, 0.05) is 23.7 Å². The Morgan fingerprint density at radius 2 is 1.63 bits per heavy atom. The predicted molar refractivity (Wildman–Crippen MR) is 155 cm³/mol. The Bertz CT molecular complexity index is 1310. The molecule has 1 saturated heterocycles. The molecule has 9 heteroatoms.